The average Bonchev–Trinajstić information content (AvgIpc) is 3.18. The summed E-state index contributed by atoms with van der Waals surface area (Å²) in [6.45, 7) is -1.63. The molecule has 1 aromatic heterocycles. The molecule has 28 heavy (non-hydrogen) atoms. The molecule has 0 bridgehead atoms. The van der Waals surface area contributed by atoms with Crippen LogP contribution in [0.3, 0.4) is 0 Å². The van der Waals surface area contributed by atoms with Gasteiger partial charge in [0.2, 0.25) is 5.79 Å². The number of fused-ring (bicyclic) bond motifs is 1. The largest absolute Gasteiger partial charge is 0.656 e. The van der Waals surface area contributed by atoms with Crippen LogP contribution in [0.15, 0.2) is 24.3 Å². The average molecular weight is 396 g/mol. The van der Waals surface area contributed by atoms with Crippen LogP contribution in [0.2, 0.25) is 0 Å². The molecule has 154 valence electrons. The third-order valence-corrected chi connectivity index (χ3v) is 4.49. The standard InChI is InChI=1S/C18H22NO9/c20-6-3-7-26-14-15(28-18(25,9-22)16(14)23)17(24)27-13-10-4-1-2-5-11(10)19-12(13)8-21/h1-2,4-5,14-16,20-23,25H,3,6-9H2/q-1/t14-,15+,16+,18-/m0/s1. The number of para-hydroxylation sites is 1. The Balaban J connectivity index is 1.85. The fourth-order valence-corrected chi connectivity index (χ4v) is 3.05. The number of hydrogen-bond donors (Lipinski definition) is 5. The summed E-state index contributed by atoms with van der Waals surface area (Å²) in [5, 5.41) is 48.7. The van der Waals surface area contributed by atoms with E-state index < -0.39 is 43.3 Å². The van der Waals surface area contributed by atoms with E-state index in [2.05, 4.69) is 4.98 Å². The summed E-state index contributed by atoms with van der Waals surface area (Å²) < 4.78 is 15.9. The van der Waals surface area contributed by atoms with Crippen molar-refractivity contribution < 1.29 is 44.5 Å². The predicted octanol–water partition coefficient (Wildman–Crippen LogP) is -1.60. The first kappa shape index (κ1) is 20.7. The Morgan fingerprint density at radius 2 is 2.00 bits per heavy atom. The molecule has 1 aliphatic heterocycles. The van der Waals surface area contributed by atoms with Crippen LogP contribution in [0.4, 0.5) is 0 Å². The fourth-order valence-electron chi connectivity index (χ4n) is 3.05. The Morgan fingerprint density at radius 1 is 1.25 bits per heavy atom. The normalized spacial score (nSPS) is 27.4. The number of benzene rings is 1. The molecule has 0 saturated carbocycles. The molecule has 1 aromatic carbocycles. The Morgan fingerprint density at radius 3 is 2.68 bits per heavy atom. The van der Waals surface area contributed by atoms with Gasteiger partial charge in [-0.05, 0) is 6.42 Å². The molecule has 10 nitrogen and oxygen atoms in total. The van der Waals surface area contributed by atoms with E-state index in [9.17, 15) is 25.2 Å². The van der Waals surface area contributed by atoms with E-state index in [-0.39, 0.29) is 31.1 Å². The third-order valence-electron chi connectivity index (χ3n) is 4.49. The molecule has 4 atom stereocenters. The maximum atomic E-state index is 12.7. The number of aliphatic hydroxyl groups excluding tert-OH is 4. The lowest BCUT2D eigenvalue weighted by molar-refractivity contribution is -0.246. The van der Waals surface area contributed by atoms with Gasteiger partial charge in [0, 0.05) is 18.6 Å². The van der Waals surface area contributed by atoms with Crippen LogP contribution in [-0.4, -0.2) is 75.4 Å². The monoisotopic (exact) mass is 396 g/mol. The van der Waals surface area contributed by atoms with E-state index in [1.807, 2.05) is 0 Å². The molecule has 5 N–H and O–H groups in total. The second kappa shape index (κ2) is 8.53. The molecule has 2 aromatic rings. The summed E-state index contributed by atoms with van der Waals surface area (Å²) in [4.78, 5) is 16.9. The molecule has 0 amide bonds. The molecule has 1 fully saturated rings. The predicted molar refractivity (Wildman–Crippen MR) is 93.2 cm³/mol. The Hall–Kier alpha value is -2.05. The zero-order valence-corrected chi connectivity index (χ0v) is 14.9. The molecule has 3 rings (SSSR count). The maximum absolute atomic E-state index is 12.7. The summed E-state index contributed by atoms with van der Waals surface area (Å²) in [6.07, 6.45) is -4.37. The van der Waals surface area contributed by atoms with Gasteiger partial charge in [0.1, 0.15) is 18.0 Å². The van der Waals surface area contributed by atoms with E-state index in [1.54, 1.807) is 24.3 Å². The van der Waals surface area contributed by atoms with Crippen LogP contribution in [0.25, 0.3) is 10.9 Å². The number of nitrogens with zero attached hydrogens (tertiary/aromatic N) is 1. The van der Waals surface area contributed by atoms with Gasteiger partial charge in [-0.25, -0.2) is 4.79 Å². The van der Waals surface area contributed by atoms with Crippen LogP contribution >= 0.6 is 0 Å². The van der Waals surface area contributed by atoms with Crippen molar-refractivity contribution in [1.29, 1.82) is 0 Å². The van der Waals surface area contributed by atoms with Gasteiger partial charge in [-0.2, -0.15) is 0 Å². The number of aromatic nitrogens is 1. The number of esters is 1. The van der Waals surface area contributed by atoms with Gasteiger partial charge in [0.25, 0.3) is 0 Å². The van der Waals surface area contributed by atoms with E-state index in [1.165, 1.54) is 0 Å². The SMILES string of the molecule is O=C(Oc1c(CO)[n-]c2ccccc12)[C@@H]1O[C@@](O)(CO)[C@H](O)[C@H]1OCCCO. The molecular formula is C18H22NO9-. The summed E-state index contributed by atoms with van der Waals surface area (Å²) in [5.74, 6) is -3.36. The van der Waals surface area contributed by atoms with E-state index in [4.69, 9.17) is 19.3 Å². The van der Waals surface area contributed by atoms with Crippen molar-refractivity contribution in [2.75, 3.05) is 19.8 Å². The zero-order chi connectivity index (χ0) is 20.3. The highest BCUT2D eigenvalue weighted by molar-refractivity contribution is 5.91. The van der Waals surface area contributed by atoms with E-state index >= 15 is 0 Å². The lowest BCUT2D eigenvalue weighted by Gasteiger charge is -2.23. The number of hydrogen-bond acceptors (Lipinski definition) is 9. The van der Waals surface area contributed by atoms with Crippen molar-refractivity contribution in [2.45, 2.75) is 37.1 Å². The van der Waals surface area contributed by atoms with Gasteiger partial charge in [-0.1, -0.05) is 30.0 Å². The minimum atomic E-state index is -2.40. The summed E-state index contributed by atoms with van der Waals surface area (Å²) in [6, 6.07) is 6.80. The van der Waals surface area contributed by atoms with Crippen LogP contribution < -0.4 is 9.72 Å². The molecule has 0 spiro atoms. The first-order valence-electron chi connectivity index (χ1n) is 8.73. The van der Waals surface area contributed by atoms with Gasteiger partial charge < -0.3 is 44.7 Å². The number of carbonyl (C=O) groups excluding carboxylic acids is 1. The van der Waals surface area contributed by atoms with E-state index in [0.29, 0.717) is 10.9 Å². The lowest BCUT2D eigenvalue weighted by Crippen LogP contribution is -2.47. The quantitative estimate of drug-likeness (QED) is 0.260. The molecule has 10 heteroatoms. The zero-order valence-electron chi connectivity index (χ0n) is 14.9. The molecular weight excluding hydrogens is 374 g/mol. The molecule has 0 unspecified atom stereocenters. The number of rotatable bonds is 8. The topological polar surface area (TPSA) is 160 Å². The third kappa shape index (κ3) is 3.76. The van der Waals surface area contributed by atoms with Crippen molar-refractivity contribution in [3.63, 3.8) is 0 Å². The Bertz CT molecular complexity index is 822. The first-order chi connectivity index (χ1) is 13.4. The minimum absolute atomic E-state index is 0.0182. The number of aliphatic hydroxyl groups is 5. The molecule has 0 aliphatic carbocycles. The van der Waals surface area contributed by atoms with Gasteiger partial charge in [0.15, 0.2) is 6.10 Å². The Labute approximate surface area is 159 Å². The summed E-state index contributed by atoms with van der Waals surface area (Å²) in [7, 11) is 0. The minimum Gasteiger partial charge on any atom is -0.656 e. The lowest BCUT2D eigenvalue weighted by atomic mass is 10.1. The van der Waals surface area contributed by atoms with Crippen molar-refractivity contribution >= 4 is 16.9 Å². The summed E-state index contributed by atoms with van der Waals surface area (Å²) in [5.41, 5.74) is 0.660. The molecule has 2 heterocycles. The highest BCUT2D eigenvalue weighted by Gasteiger charge is 2.57. The van der Waals surface area contributed by atoms with Gasteiger partial charge in [0.05, 0.1) is 13.2 Å². The van der Waals surface area contributed by atoms with Crippen LogP contribution in [0.5, 0.6) is 5.75 Å². The second-order valence-electron chi connectivity index (χ2n) is 6.38. The molecule has 1 aliphatic rings. The van der Waals surface area contributed by atoms with Gasteiger partial charge in [-0.15, -0.1) is 5.52 Å². The van der Waals surface area contributed by atoms with Gasteiger partial charge >= 0.3 is 5.97 Å². The van der Waals surface area contributed by atoms with Crippen LogP contribution in [0.1, 0.15) is 12.1 Å². The highest BCUT2D eigenvalue weighted by atomic mass is 16.7. The summed E-state index contributed by atoms with van der Waals surface area (Å²) >= 11 is 0. The van der Waals surface area contributed by atoms with Crippen molar-refractivity contribution in [3.05, 3.63) is 30.0 Å². The van der Waals surface area contributed by atoms with Crippen molar-refractivity contribution in [3.8, 4) is 5.75 Å². The molecule has 0 radical (unpaired) electrons. The fraction of sp³-hybridized carbons (Fsp3) is 0.500. The smallest absolute Gasteiger partial charge is 0.343 e. The highest BCUT2D eigenvalue weighted by Crippen LogP contribution is 2.34. The molecule has 1 saturated heterocycles. The van der Waals surface area contributed by atoms with Crippen molar-refractivity contribution in [1.82, 2.24) is 4.98 Å². The van der Waals surface area contributed by atoms with Crippen molar-refractivity contribution in [2.24, 2.45) is 0 Å². The maximum Gasteiger partial charge on any atom is 0.343 e. The number of ether oxygens (including phenoxy) is 3. The second-order valence-corrected chi connectivity index (χ2v) is 6.38. The van der Waals surface area contributed by atoms with Crippen LogP contribution in [-0.2, 0) is 20.9 Å². The van der Waals surface area contributed by atoms with E-state index in [0.717, 1.165) is 0 Å². The van der Waals surface area contributed by atoms with Gasteiger partial charge in [-0.3, -0.25) is 0 Å². The Kier molecular flexibility index (Phi) is 6.30. The first-order valence-corrected chi connectivity index (χ1v) is 8.73. The van der Waals surface area contributed by atoms with Crippen LogP contribution in [0, 0.1) is 0 Å². The number of carbonyl (C=O) groups is 1.